The molecule has 4 rings (SSSR count). The van der Waals surface area contributed by atoms with Crippen LogP contribution in [-0.4, -0.2) is 37.8 Å². The van der Waals surface area contributed by atoms with Crippen molar-refractivity contribution < 1.29 is 9.53 Å². The molecule has 0 saturated carbocycles. The molecule has 10 heteroatoms. The number of fused-ring (bicyclic) bond motifs is 1. The van der Waals surface area contributed by atoms with Gasteiger partial charge in [0.2, 0.25) is 0 Å². The predicted octanol–water partition coefficient (Wildman–Crippen LogP) is 3.47. The van der Waals surface area contributed by atoms with Gasteiger partial charge < -0.3 is 9.72 Å². The van der Waals surface area contributed by atoms with Crippen LogP contribution in [0.5, 0.6) is 0 Å². The van der Waals surface area contributed by atoms with Crippen molar-refractivity contribution in [1.29, 1.82) is 0 Å². The molecule has 1 aromatic carbocycles. The lowest BCUT2D eigenvalue weighted by molar-refractivity contribution is -0.144. The Morgan fingerprint density at radius 1 is 1.24 bits per heavy atom. The van der Waals surface area contributed by atoms with E-state index in [1.807, 2.05) is 43.5 Å². The highest BCUT2D eigenvalue weighted by atomic mass is 32.1. The molecule has 0 aliphatic carbocycles. The Balaban J connectivity index is 1.62. The molecule has 2 unspecified atom stereocenters. The molecule has 2 atom stereocenters. The number of aromatic amines is 1. The zero-order chi connectivity index (χ0) is 24.1. The number of benzene rings is 1. The van der Waals surface area contributed by atoms with E-state index in [9.17, 15) is 9.59 Å². The van der Waals surface area contributed by atoms with Crippen molar-refractivity contribution in [1.82, 2.24) is 30.5 Å². The number of hydrogen-bond donors (Lipinski definition) is 2. The number of esters is 1. The first-order chi connectivity index (χ1) is 16.5. The first-order valence-electron chi connectivity index (χ1n) is 11.3. The van der Waals surface area contributed by atoms with E-state index in [0.29, 0.717) is 30.8 Å². The molecule has 0 fully saturated rings. The Morgan fingerprint density at radius 3 is 2.82 bits per heavy atom. The smallest absolute Gasteiger partial charge is 0.327 e. The highest BCUT2D eigenvalue weighted by molar-refractivity contribution is 7.10. The van der Waals surface area contributed by atoms with Gasteiger partial charge in [-0.05, 0) is 72.1 Å². The van der Waals surface area contributed by atoms with Crippen molar-refractivity contribution in [3.63, 3.8) is 0 Å². The molecular formula is C24H28N6O3S. The first kappa shape index (κ1) is 23.8. The molecule has 3 heterocycles. The molecule has 0 amide bonds. The number of carbonyl (C=O) groups is 1. The number of thiophene rings is 1. The van der Waals surface area contributed by atoms with E-state index >= 15 is 0 Å². The summed E-state index contributed by atoms with van der Waals surface area (Å²) < 4.78 is 6.52. The van der Waals surface area contributed by atoms with E-state index in [1.54, 1.807) is 18.3 Å². The van der Waals surface area contributed by atoms with Gasteiger partial charge in [-0.2, -0.15) is 0 Å². The summed E-state index contributed by atoms with van der Waals surface area (Å²) in [6, 6.07) is 11.6. The van der Waals surface area contributed by atoms with Crippen LogP contribution in [0.25, 0.3) is 10.9 Å². The molecule has 0 radical (unpaired) electrons. The number of aromatic nitrogens is 5. The molecule has 178 valence electrons. The van der Waals surface area contributed by atoms with E-state index in [-0.39, 0.29) is 24.2 Å². The van der Waals surface area contributed by atoms with Crippen LogP contribution in [0.2, 0.25) is 0 Å². The Hall–Kier alpha value is -3.37. The normalized spacial score (nSPS) is 13.1. The van der Waals surface area contributed by atoms with Crippen molar-refractivity contribution in [3.8, 4) is 0 Å². The Bertz CT molecular complexity index is 1310. The summed E-state index contributed by atoms with van der Waals surface area (Å²) in [6.07, 6.45) is 1.19. The fourth-order valence-electron chi connectivity index (χ4n) is 3.99. The molecule has 3 aromatic heterocycles. The number of H-pyrrole nitrogens is 1. The summed E-state index contributed by atoms with van der Waals surface area (Å²) >= 11 is 1.63. The third-order valence-corrected chi connectivity index (χ3v) is 6.64. The fraction of sp³-hybridized carbons (Fsp3) is 0.375. The van der Waals surface area contributed by atoms with E-state index in [4.69, 9.17) is 4.74 Å². The lowest BCUT2D eigenvalue weighted by atomic mass is 10.0. The summed E-state index contributed by atoms with van der Waals surface area (Å²) in [7, 11) is 0. The third kappa shape index (κ3) is 5.40. The molecular weight excluding hydrogens is 452 g/mol. The van der Waals surface area contributed by atoms with Gasteiger partial charge in [-0.1, -0.05) is 24.6 Å². The second-order valence-corrected chi connectivity index (χ2v) is 9.09. The maximum atomic E-state index is 12.9. The average Bonchev–Trinajstić information content (AvgIpc) is 3.50. The zero-order valence-electron chi connectivity index (χ0n) is 19.4. The second-order valence-electron chi connectivity index (χ2n) is 8.11. The zero-order valence-corrected chi connectivity index (χ0v) is 20.3. The van der Waals surface area contributed by atoms with Gasteiger partial charge in [0.25, 0.3) is 5.56 Å². The highest BCUT2D eigenvalue weighted by Crippen LogP contribution is 2.27. The Kier molecular flexibility index (Phi) is 7.49. The monoisotopic (exact) mass is 480 g/mol. The van der Waals surface area contributed by atoms with Crippen LogP contribution in [0, 0.1) is 6.92 Å². The number of tetrazole rings is 1. The van der Waals surface area contributed by atoms with E-state index in [2.05, 4.69) is 38.0 Å². The van der Waals surface area contributed by atoms with Crippen LogP contribution in [0.4, 0.5) is 0 Å². The number of aryl methyl sites for hydroxylation is 1. The number of ether oxygens (including phenoxy) is 1. The Morgan fingerprint density at radius 2 is 2.09 bits per heavy atom. The molecule has 0 aliphatic heterocycles. The molecule has 0 aliphatic rings. The van der Waals surface area contributed by atoms with Gasteiger partial charge in [0, 0.05) is 22.0 Å². The van der Waals surface area contributed by atoms with Crippen LogP contribution < -0.4 is 10.9 Å². The molecule has 2 N–H and O–H groups in total. The maximum Gasteiger partial charge on any atom is 0.327 e. The van der Waals surface area contributed by atoms with E-state index in [0.717, 1.165) is 21.3 Å². The number of pyridine rings is 1. The van der Waals surface area contributed by atoms with Crippen molar-refractivity contribution in [2.75, 3.05) is 6.61 Å². The number of hydrogen-bond acceptors (Lipinski definition) is 8. The molecule has 0 bridgehead atoms. The lowest BCUT2D eigenvalue weighted by Gasteiger charge is -2.24. The molecule has 4 aromatic rings. The van der Waals surface area contributed by atoms with Gasteiger partial charge in [-0.25, -0.2) is 4.68 Å². The van der Waals surface area contributed by atoms with Crippen LogP contribution in [0.15, 0.2) is 46.6 Å². The fourth-order valence-corrected chi connectivity index (χ4v) is 4.78. The van der Waals surface area contributed by atoms with Gasteiger partial charge in [0.1, 0.15) is 6.54 Å². The summed E-state index contributed by atoms with van der Waals surface area (Å²) in [6.45, 7) is 6.06. The van der Waals surface area contributed by atoms with Crippen LogP contribution in [0.1, 0.15) is 54.2 Å². The molecule has 0 spiro atoms. The number of nitrogens with one attached hydrogen (secondary N) is 2. The standard InChI is InChI=1S/C24H28N6O3S/c1-4-18(23-27-28-29-30(23)14-22(31)33-5-2)25-20(21-7-6-10-34-21)13-17-12-16-11-15(3)8-9-19(16)26-24(17)32/h6-12,18,20,25H,4-5,13-14H2,1-3H3,(H,26,32). The molecule has 34 heavy (non-hydrogen) atoms. The molecule has 0 saturated heterocycles. The van der Waals surface area contributed by atoms with E-state index < -0.39 is 5.97 Å². The van der Waals surface area contributed by atoms with Gasteiger partial charge in [0.15, 0.2) is 5.82 Å². The lowest BCUT2D eigenvalue weighted by Crippen LogP contribution is -2.31. The predicted molar refractivity (Wildman–Crippen MR) is 131 cm³/mol. The average molecular weight is 481 g/mol. The van der Waals surface area contributed by atoms with E-state index in [1.165, 1.54) is 4.68 Å². The summed E-state index contributed by atoms with van der Waals surface area (Å²) in [4.78, 5) is 29.0. The Labute approximate surface area is 201 Å². The summed E-state index contributed by atoms with van der Waals surface area (Å²) in [5.41, 5.74) is 2.56. The first-order valence-corrected chi connectivity index (χ1v) is 12.2. The second kappa shape index (κ2) is 10.7. The summed E-state index contributed by atoms with van der Waals surface area (Å²) in [5, 5.41) is 18.6. The van der Waals surface area contributed by atoms with Gasteiger partial charge in [-0.15, -0.1) is 16.4 Å². The van der Waals surface area contributed by atoms with Crippen LogP contribution in [-0.2, 0) is 22.5 Å². The van der Waals surface area contributed by atoms with Crippen molar-refractivity contribution >= 4 is 28.2 Å². The maximum absolute atomic E-state index is 12.9. The van der Waals surface area contributed by atoms with Crippen LogP contribution >= 0.6 is 11.3 Å². The van der Waals surface area contributed by atoms with Gasteiger partial charge >= 0.3 is 5.97 Å². The minimum absolute atomic E-state index is 0.0539. The number of carbonyl (C=O) groups excluding carboxylic acids is 1. The largest absolute Gasteiger partial charge is 0.465 e. The highest BCUT2D eigenvalue weighted by Gasteiger charge is 2.25. The number of rotatable bonds is 10. The summed E-state index contributed by atoms with van der Waals surface area (Å²) in [5.74, 6) is 0.166. The minimum atomic E-state index is -0.390. The third-order valence-electron chi connectivity index (χ3n) is 5.65. The van der Waals surface area contributed by atoms with Crippen molar-refractivity contribution in [3.05, 3.63) is 74.0 Å². The topological polar surface area (TPSA) is 115 Å². The quantitative estimate of drug-likeness (QED) is 0.334. The van der Waals surface area contributed by atoms with Crippen LogP contribution in [0.3, 0.4) is 0 Å². The van der Waals surface area contributed by atoms with Gasteiger partial charge in [0.05, 0.1) is 12.6 Å². The van der Waals surface area contributed by atoms with Gasteiger partial charge in [-0.3, -0.25) is 14.9 Å². The molecule has 9 nitrogen and oxygen atoms in total. The van der Waals surface area contributed by atoms with Crippen molar-refractivity contribution in [2.45, 2.75) is 52.2 Å². The minimum Gasteiger partial charge on any atom is -0.465 e. The van der Waals surface area contributed by atoms with Crippen molar-refractivity contribution in [2.24, 2.45) is 0 Å². The number of nitrogens with zero attached hydrogens (tertiary/aromatic N) is 4. The SMILES string of the molecule is CCOC(=O)Cn1nnnc1C(CC)NC(Cc1cc2cc(C)ccc2[nH]c1=O)c1cccs1.